The number of benzene rings is 3. The van der Waals surface area contributed by atoms with E-state index in [1.807, 2.05) is 18.2 Å². The second-order valence-electron chi connectivity index (χ2n) is 7.45. The third kappa shape index (κ3) is 5.61. The van der Waals surface area contributed by atoms with E-state index in [-0.39, 0.29) is 28.8 Å². The van der Waals surface area contributed by atoms with E-state index in [1.165, 1.54) is 35.0 Å². The van der Waals surface area contributed by atoms with Crippen LogP contribution in [0.3, 0.4) is 0 Å². The molecule has 10 heteroatoms. The third-order valence-corrected chi connectivity index (χ3v) is 5.75. The minimum atomic E-state index is -4.53. The normalized spacial score (nSPS) is 11.4. The number of esters is 1. The number of carbonyl (C=O) groups excluding carboxylic acids is 1. The fourth-order valence-corrected chi connectivity index (χ4v) is 3.63. The van der Waals surface area contributed by atoms with E-state index in [9.17, 15) is 18.0 Å². The van der Waals surface area contributed by atoms with Gasteiger partial charge < -0.3 is 9.47 Å². The molecule has 0 unspecified atom stereocenters. The number of hydrogen-bond donors (Lipinski definition) is 0. The fourth-order valence-electron chi connectivity index (χ4n) is 3.33. The molecule has 4 rings (SSSR count). The maximum Gasteiger partial charge on any atom is 0.416 e. The molecule has 1 aromatic heterocycles. The topological polar surface area (TPSA) is 53.4 Å². The molecule has 3 aromatic carbocycles. The Hall–Kier alpha value is -3.49. The summed E-state index contributed by atoms with van der Waals surface area (Å²) in [4.78, 5) is 12.6. The average Bonchev–Trinajstić information content (AvgIpc) is 3.14. The van der Waals surface area contributed by atoms with Gasteiger partial charge in [-0.05, 0) is 36.4 Å². The van der Waals surface area contributed by atoms with E-state index in [4.69, 9.17) is 32.7 Å². The Bertz CT molecular complexity index is 1370. The molecule has 0 spiro atoms. The SMILES string of the molecule is Cn1nc(-c2ccccc2)c(COC(=O)c2ccc(Cl)c(Cl)c2)c1Oc1cccc(C(F)(F)F)c1. The van der Waals surface area contributed by atoms with Crippen molar-refractivity contribution in [3.05, 3.63) is 99.5 Å². The fraction of sp³-hybridized carbons (Fsp3) is 0.120. The van der Waals surface area contributed by atoms with E-state index in [0.29, 0.717) is 21.8 Å². The van der Waals surface area contributed by atoms with Crippen molar-refractivity contribution in [2.24, 2.45) is 7.05 Å². The molecule has 5 nitrogen and oxygen atoms in total. The molecule has 0 bridgehead atoms. The minimum Gasteiger partial charge on any atom is -0.457 e. The highest BCUT2D eigenvalue weighted by atomic mass is 35.5. The molecule has 0 N–H and O–H groups in total. The highest BCUT2D eigenvalue weighted by Gasteiger charge is 2.31. The maximum absolute atomic E-state index is 13.2. The molecule has 4 aromatic rings. The zero-order chi connectivity index (χ0) is 25.2. The van der Waals surface area contributed by atoms with E-state index in [1.54, 1.807) is 19.2 Å². The Balaban J connectivity index is 1.69. The van der Waals surface area contributed by atoms with Crippen molar-refractivity contribution in [3.8, 4) is 22.9 Å². The zero-order valence-corrected chi connectivity index (χ0v) is 19.7. The van der Waals surface area contributed by atoms with Crippen molar-refractivity contribution in [3.63, 3.8) is 0 Å². The third-order valence-electron chi connectivity index (χ3n) is 5.01. The molecule has 35 heavy (non-hydrogen) atoms. The van der Waals surface area contributed by atoms with Crippen LogP contribution in [0.15, 0.2) is 72.8 Å². The second kappa shape index (κ2) is 10.0. The highest BCUT2D eigenvalue weighted by molar-refractivity contribution is 6.42. The number of nitrogens with zero attached hydrogens (tertiary/aromatic N) is 2. The van der Waals surface area contributed by atoms with Gasteiger partial charge in [-0.25, -0.2) is 9.48 Å². The molecule has 180 valence electrons. The summed E-state index contributed by atoms with van der Waals surface area (Å²) in [6.07, 6.45) is -4.53. The van der Waals surface area contributed by atoms with Crippen molar-refractivity contribution >= 4 is 29.2 Å². The van der Waals surface area contributed by atoms with E-state index in [0.717, 1.165) is 12.1 Å². The van der Waals surface area contributed by atoms with Gasteiger partial charge in [-0.3, -0.25) is 0 Å². The van der Waals surface area contributed by atoms with Crippen LogP contribution in [-0.2, 0) is 24.6 Å². The molecule has 0 aliphatic carbocycles. The number of aryl methyl sites for hydroxylation is 1. The number of hydrogen-bond acceptors (Lipinski definition) is 4. The van der Waals surface area contributed by atoms with Crippen molar-refractivity contribution in [1.82, 2.24) is 9.78 Å². The van der Waals surface area contributed by atoms with Gasteiger partial charge in [-0.1, -0.05) is 59.6 Å². The molecule has 0 aliphatic heterocycles. The molecule has 0 fully saturated rings. The Morgan fingerprint density at radius 3 is 2.40 bits per heavy atom. The molecule has 0 saturated heterocycles. The molecular weight excluding hydrogens is 504 g/mol. The van der Waals surface area contributed by atoms with Gasteiger partial charge in [0.05, 0.1) is 26.7 Å². The highest BCUT2D eigenvalue weighted by Crippen LogP contribution is 2.36. The standard InChI is InChI=1S/C25H17Cl2F3N2O3/c1-32-23(35-18-9-5-8-17(13-18)25(28,29)30)19(22(31-32)15-6-3-2-4-7-15)14-34-24(33)16-10-11-20(26)21(27)12-16/h2-13H,14H2,1H3. The lowest BCUT2D eigenvalue weighted by atomic mass is 10.1. The Morgan fingerprint density at radius 2 is 1.71 bits per heavy atom. The van der Waals surface area contributed by atoms with Crippen LogP contribution in [0.25, 0.3) is 11.3 Å². The van der Waals surface area contributed by atoms with Crippen LogP contribution in [-0.4, -0.2) is 15.7 Å². The van der Waals surface area contributed by atoms with Crippen LogP contribution in [0.5, 0.6) is 11.6 Å². The van der Waals surface area contributed by atoms with Gasteiger partial charge in [0.15, 0.2) is 0 Å². The smallest absolute Gasteiger partial charge is 0.416 e. The minimum absolute atomic E-state index is 0.0421. The quantitative estimate of drug-likeness (QED) is 0.246. The van der Waals surface area contributed by atoms with Gasteiger partial charge in [0.25, 0.3) is 0 Å². The van der Waals surface area contributed by atoms with E-state index < -0.39 is 17.7 Å². The molecule has 0 radical (unpaired) electrons. The zero-order valence-electron chi connectivity index (χ0n) is 18.1. The van der Waals surface area contributed by atoms with Crippen LogP contribution >= 0.6 is 23.2 Å². The van der Waals surface area contributed by atoms with Crippen LogP contribution in [0.4, 0.5) is 13.2 Å². The van der Waals surface area contributed by atoms with Crippen molar-refractivity contribution in [2.75, 3.05) is 0 Å². The maximum atomic E-state index is 13.2. The van der Waals surface area contributed by atoms with Crippen molar-refractivity contribution < 1.29 is 27.4 Å². The summed E-state index contributed by atoms with van der Waals surface area (Å²) in [5.74, 6) is -0.582. The summed E-state index contributed by atoms with van der Waals surface area (Å²) in [6, 6.07) is 17.9. The molecular formula is C25H17Cl2F3N2O3. The number of halogens is 5. The molecule has 0 atom stereocenters. The van der Waals surface area contributed by atoms with Crippen molar-refractivity contribution in [1.29, 1.82) is 0 Å². The lowest BCUT2D eigenvalue weighted by molar-refractivity contribution is -0.137. The van der Waals surface area contributed by atoms with Gasteiger partial charge >= 0.3 is 12.1 Å². The van der Waals surface area contributed by atoms with Gasteiger partial charge in [0.2, 0.25) is 5.88 Å². The van der Waals surface area contributed by atoms with Crippen LogP contribution in [0, 0.1) is 0 Å². The van der Waals surface area contributed by atoms with Gasteiger partial charge in [0.1, 0.15) is 18.1 Å². The Morgan fingerprint density at radius 1 is 0.971 bits per heavy atom. The van der Waals surface area contributed by atoms with Crippen LogP contribution < -0.4 is 4.74 Å². The van der Waals surface area contributed by atoms with Crippen molar-refractivity contribution in [2.45, 2.75) is 12.8 Å². The Labute approximate surface area is 208 Å². The lowest BCUT2D eigenvalue weighted by Crippen LogP contribution is -2.07. The van der Waals surface area contributed by atoms with Gasteiger partial charge in [-0.2, -0.15) is 18.3 Å². The van der Waals surface area contributed by atoms with Gasteiger partial charge in [0, 0.05) is 12.6 Å². The number of alkyl halides is 3. The molecule has 1 heterocycles. The Kier molecular flexibility index (Phi) is 7.05. The van der Waals surface area contributed by atoms with Crippen LogP contribution in [0.2, 0.25) is 10.0 Å². The molecule has 0 amide bonds. The first-order chi connectivity index (χ1) is 16.6. The van der Waals surface area contributed by atoms with Gasteiger partial charge in [-0.15, -0.1) is 0 Å². The summed E-state index contributed by atoms with van der Waals surface area (Å²) in [5.41, 5.74) is 0.877. The summed E-state index contributed by atoms with van der Waals surface area (Å²) in [7, 11) is 1.58. The number of rotatable bonds is 6. The first-order valence-electron chi connectivity index (χ1n) is 10.2. The summed E-state index contributed by atoms with van der Waals surface area (Å²) < 4.78 is 52.2. The first kappa shape index (κ1) is 24.6. The van der Waals surface area contributed by atoms with E-state index in [2.05, 4.69) is 5.10 Å². The average molecular weight is 521 g/mol. The number of carbonyl (C=O) groups is 1. The van der Waals surface area contributed by atoms with E-state index >= 15 is 0 Å². The summed E-state index contributed by atoms with van der Waals surface area (Å²) in [5, 5.41) is 4.95. The number of aromatic nitrogens is 2. The first-order valence-corrected chi connectivity index (χ1v) is 11.0. The summed E-state index contributed by atoms with van der Waals surface area (Å²) >= 11 is 11.9. The largest absolute Gasteiger partial charge is 0.457 e. The second-order valence-corrected chi connectivity index (χ2v) is 8.27. The predicted molar refractivity (Wildman–Crippen MR) is 126 cm³/mol. The lowest BCUT2D eigenvalue weighted by Gasteiger charge is -2.12. The number of ether oxygens (including phenoxy) is 2. The van der Waals surface area contributed by atoms with Crippen LogP contribution in [0.1, 0.15) is 21.5 Å². The monoisotopic (exact) mass is 520 g/mol. The molecule has 0 aliphatic rings. The summed E-state index contributed by atoms with van der Waals surface area (Å²) in [6.45, 7) is -0.258. The predicted octanol–water partition coefficient (Wildman–Crippen LogP) is 7.56. The molecule has 0 saturated carbocycles.